The zero-order chi connectivity index (χ0) is 14.8. The molecule has 0 unspecified atom stereocenters. The van der Waals surface area contributed by atoms with Crippen LogP contribution in [0.25, 0.3) is 0 Å². The molecule has 0 saturated carbocycles. The first kappa shape index (κ1) is 13.9. The quantitative estimate of drug-likeness (QED) is 0.784. The van der Waals surface area contributed by atoms with Crippen LogP contribution < -0.4 is 0 Å². The average molecular weight is 279 g/mol. The smallest absolute Gasteiger partial charge is 0.253 e. The Morgan fingerprint density at radius 2 is 1.33 bits per heavy atom. The normalized spacial score (nSPS) is 13.6. The maximum Gasteiger partial charge on any atom is 0.253 e. The van der Waals surface area contributed by atoms with Crippen LogP contribution >= 0.6 is 0 Å². The van der Waals surface area contributed by atoms with Gasteiger partial charge in [0.2, 0.25) is 0 Å². The van der Waals surface area contributed by atoms with Crippen molar-refractivity contribution in [3.63, 3.8) is 0 Å². The number of rotatable bonds is 1. The lowest BCUT2D eigenvalue weighted by Gasteiger charge is -2.17. The first-order valence-electron chi connectivity index (χ1n) is 7.55. The number of carbonyl (C=O) groups is 1. The van der Waals surface area contributed by atoms with E-state index in [0.717, 1.165) is 36.8 Å². The van der Waals surface area contributed by atoms with Crippen molar-refractivity contribution < 1.29 is 4.79 Å². The predicted octanol–water partition coefficient (Wildman–Crippen LogP) is 3.27. The van der Waals surface area contributed by atoms with Gasteiger partial charge in [0.05, 0.1) is 0 Å². The molecule has 2 heteroatoms. The molecule has 0 N–H and O–H groups in total. The topological polar surface area (TPSA) is 20.3 Å². The molecule has 0 fully saturated rings. The molecule has 4 bridgehead atoms. The summed E-state index contributed by atoms with van der Waals surface area (Å²) >= 11 is 0. The summed E-state index contributed by atoms with van der Waals surface area (Å²) in [4.78, 5) is 14.1. The molecule has 0 atom stereocenters. The van der Waals surface area contributed by atoms with E-state index in [2.05, 4.69) is 42.5 Å². The van der Waals surface area contributed by atoms with Crippen LogP contribution in [-0.4, -0.2) is 24.9 Å². The highest BCUT2D eigenvalue weighted by molar-refractivity contribution is 5.95. The van der Waals surface area contributed by atoms with E-state index in [1.54, 1.807) is 4.90 Å². The highest BCUT2D eigenvalue weighted by Crippen LogP contribution is 2.20. The zero-order valence-electron chi connectivity index (χ0n) is 12.7. The van der Waals surface area contributed by atoms with Gasteiger partial charge in [-0.1, -0.05) is 36.4 Å². The summed E-state index contributed by atoms with van der Waals surface area (Å²) < 4.78 is 0. The van der Waals surface area contributed by atoms with Crippen molar-refractivity contribution in [1.82, 2.24) is 4.90 Å². The van der Waals surface area contributed by atoms with Gasteiger partial charge in [0, 0.05) is 19.7 Å². The highest BCUT2D eigenvalue weighted by Gasteiger charge is 2.15. The molecule has 2 aromatic carbocycles. The average Bonchev–Trinajstić information content (AvgIpc) is 2.49. The molecule has 21 heavy (non-hydrogen) atoms. The lowest BCUT2D eigenvalue weighted by atomic mass is 9.93. The molecule has 2 nitrogen and oxygen atoms in total. The lowest BCUT2D eigenvalue weighted by molar-refractivity contribution is 0.0826. The number of hydrogen-bond acceptors (Lipinski definition) is 1. The predicted molar refractivity (Wildman–Crippen MR) is 85.7 cm³/mol. The van der Waals surface area contributed by atoms with Crippen LogP contribution in [0, 0.1) is 0 Å². The van der Waals surface area contributed by atoms with Crippen molar-refractivity contribution in [2.75, 3.05) is 14.1 Å². The first-order chi connectivity index (χ1) is 10.1. The summed E-state index contributed by atoms with van der Waals surface area (Å²) in [5.74, 6) is 0.109. The van der Waals surface area contributed by atoms with Crippen LogP contribution in [-0.2, 0) is 25.7 Å². The van der Waals surface area contributed by atoms with Crippen LogP contribution in [0.15, 0.2) is 42.5 Å². The van der Waals surface area contributed by atoms with Crippen LogP contribution in [0.4, 0.5) is 0 Å². The molecule has 0 aromatic heterocycles. The van der Waals surface area contributed by atoms with Gasteiger partial charge < -0.3 is 4.90 Å². The van der Waals surface area contributed by atoms with Crippen molar-refractivity contribution in [3.05, 3.63) is 70.3 Å². The van der Waals surface area contributed by atoms with Gasteiger partial charge in [-0.2, -0.15) is 0 Å². The second-order valence-electron chi connectivity index (χ2n) is 6.01. The van der Waals surface area contributed by atoms with Gasteiger partial charge in [-0.15, -0.1) is 0 Å². The largest absolute Gasteiger partial charge is 0.345 e. The van der Waals surface area contributed by atoms with Gasteiger partial charge in [-0.3, -0.25) is 4.79 Å². The molecule has 4 aliphatic carbocycles. The highest BCUT2D eigenvalue weighted by atomic mass is 16.2. The van der Waals surface area contributed by atoms with Crippen molar-refractivity contribution in [2.45, 2.75) is 25.7 Å². The molecule has 0 heterocycles. The molecule has 0 radical (unpaired) electrons. The molecular weight excluding hydrogens is 258 g/mol. The Bertz CT molecular complexity index is 656. The fraction of sp³-hybridized carbons (Fsp3) is 0.316. The van der Waals surface area contributed by atoms with E-state index in [0.29, 0.717) is 0 Å². The standard InChI is InChI=1S/C19H21NO/c1-20(2)19(21)18-13-16-8-7-14-3-5-15(6-4-14)9-11-17(18)12-10-16/h3-6,10,12-13H,7-9,11H2,1-2H3. The third-order valence-electron chi connectivity index (χ3n) is 4.22. The third-order valence-corrected chi connectivity index (χ3v) is 4.22. The maximum atomic E-state index is 12.4. The van der Waals surface area contributed by atoms with Crippen LogP contribution in [0.1, 0.15) is 32.6 Å². The molecule has 0 saturated heterocycles. The van der Waals surface area contributed by atoms with E-state index >= 15 is 0 Å². The van der Waals surface area contributed by atoms with Crippen molar-refractivity contribution in [1.29, 1.82) is 0 Å². The number of aryl methyl sites for hydroxylation is 4. The summed E-state index contributed by atoms with van der Waals surface area (Å²) in [5.41, 5.74) is 5.97. The van der Waals surface area contributed by atoms with Gasteiger partial charge in [0.1, 0.15) is 0 Å². The lowest BCUT2D eigenvalue weighted by Crippen LogP contribution is -2.23. The van der Waals surface area contributed by atoms with Crippen LogP contribution in [0.3, 0.4) is 0 Å². The second kappa shape index (κ2) is 5.72. The maximum absolute atomic E-state index is 12.4. The number of hydrogen-bond donors (Lipinski definition) is 0. The molecular formula is C19H21NO. The van der Waals surface area contributed by atoms with E-state index in [1.165, 1.54) is 16.7 Å². The van der Waals surface area contributed by atoms with Gasteiger partial charge in [0.25, 0.3) is 5.91 Å². The van der Waals surface area contributed by atoms with Gasteiger partial charge >= 0.3 is 0 Å². The van der Waals surface area contributed by atoms with Gasteiger partial charge in [0.15, 0.2) is 0 Å². The molecule has 0 spiro atoms. The second-order valence-corrected chi connectivity index (χ2v) is 6.01. The fourth-order valence-electron chi connectivity index (χ4n) is 2.88. The summed E-state index contributed by atoms with van der Waals surface area (Å²) in [6.45, 7) is 0. The number of amides is 1. The third kappa shape index (κ3) is 2.99. The molecule has 2 aromatic rings. The Hall–Kier alpha value is -2.09. The van der Waals surface area contributed by atoms with E-state index in [-0.39, 0.29) is 5.91 Å². The first-order valence-corrected chi connectivity index (χ1v) is 7.55. The fourth-order valence-corrected chi connectivity index (χ4v) is 2.88. The zero-order valence-corrected chi connectivity index (χ0v) is 12.7. The van der Waals surface area contributed by atoms with Crippen molar-refractivity contribution >= 4 is 5.91 Å². The van der Waals surface area contributed by atoms with Crippen molar-refractivity contribution in [2.24, 2.45) is 0 Å². The monoisotopic (exact) mass is 279 g/mol. The summed E-state index contributed by atoms with van der Waals surface area (Å²) in [5, 5.41) is 0. The van der Waals surface area contributed by atoms with E-state index < -0.39 is 0 Å². The Morgan fingerprint density at radius 3 is 1.95 bits per heavy atom. The summed E-state index contributed by atoms with van der Waals surface area (Å²) in [6, 6.07) is 15.3. The number of benzene rings is 2. The number of carbonyl (C=O) groups excluding carboxylic acids is 1. The van der Waals surface area contributed by atoms with E-state index in [1.807, 2.05) is 14.1 Å². The van der Waals surface area contributed by atoms with E-state index in [4.69, 9.17) is 0 Å². The minimum Gasteiger partial charge on any atom is -0.345 e. The van der Waals surface area contributed by atoms with Crippen molar-refractivity contribution in [3.8, 4) is 0 Å². The van der Waals surface area contributed by atoms with E-state index in [9.17, 15) is 4.79 Å². The van der Waals surface area contributed by atoms with Crippen LogP contribution in [0.2, 0.25) is 0 Å². The SMILES string of the molecule is CN(C)C(=O)c1cc2ccc1CCc1ccc(cc1)CC2. The molecule has 108 valence electrons. The number of nitrogens with zero attached hydrogens (tertiary/aromatic N) is 1. The Labute approximate surface area is 126 Å². The minimum atomic E-state index is 0.109. The Morgan fingerprint density at radius 1 is 0.810 bits per heavy atom. The molecule has 6 rings (SSSR count). The van der Waals surface area contributed by atoms with Crippen LogP contribution in [0.5, 0.6) is 0 Å². The Kier molecular flexibility index (Phi) is 3.78. The molecule has 1 amide bonds. The van der Waals surface area contributed by atoms with Gasteiger partial charge in [-0.05, 0) is 54.0 Å². The summed E-state index contributed by atoms with van der Waals surface area (Å²) in [7, 11) is 3.64. The van der Waals surface area contributed by atoms with Gasteiger partial charge in [-0.25, -0.2) is 0 Å². The minimum absolute atomic E-state index is 0.109. The molecule has 0 aliphatic heterocycles. The summed E-state index contributed by atoms with van der Waals surface area (Å²) in [6.07, 6.45) is 3.89. The molecule has 4 aliphatic rings. The Balaban J connectivity index is 2.01.